The Morgan fingerprint density at radius 1 is 0.836 bits per heavy atom. The predicted molar refractivity (Wildman–Crippen MR) is 240 cm³/mol. The summed E-state index contributed by atoms with van der Waals surface area (Å²) in [4.78, 5) is 46.9. The molecule has 0 spiro atoms. The second-order valence-electron chi connectivity index (χ2n) is 17.2. The van der Waals surface area contributed by atoms with Crippen LogP contribution in [0.1, 0.15) is 114 Å². The fraction of sp³-hybridized carbons (Fsp3) is 0.388. The van der Waals surface area contributed by atoms with Crippen molar-refractivity contribution in [1.29, 1.82) is 0 Å². The van der Waals surface area contributed by atoms with E-state index in [9.17, 15) is 27.4 Å². The summed E-state index contributed by atoms with van der Waals surface area (Å²) >= 11 is 1.65. The van der Waals surface area contributed by atoms with Gasteiger partial charge in [-0.3, -0.25) is 9.59 Å². The lowest BCUT2D eigenvalue weighted by Crippen LogP contribution is -2.32. The Bertz CT molecular complexity index is 2480. The van der Waals surface area contributed by atoms with Crippen molar-refractivity contribution in [1.82, 2.24) is 5.06 Å². The number of carbonyl (C=O) groups excluding carboxylic acids is 3. The number of para-hydroxylation sites is 2. The molecule has 2 amide bonds. The molecular weight excluding hydrogens is 807 g/mol. The molecule has 1 fully saturated rings. The highest BCUT2D eigenvalue weighted by Crippen LogP contribution is 2.49. The van der Waals surface area contributed by atoms with E-state index in [1.807, 2.05) is 24.3 Å². The van der Waals surface area contributed by atoms with Gasteiger partial charge in [0.05, 0.1) is 21.1 Å². The SMILES string of the molecule is CCCCN1C(=C/C=C2\CCCC(/C=C/C3=[N+](CCCCS(=O)(=O)[O-])c4ccccc4C3(C)C)=C2Sc2ccc(C(=O)ON3C(=O)CCC3=O)cc2)C(C)(C)c2ccccc21. The third-order valence-electron chi connectivity index (χ3n) is 12.2. The number of thioether (sulfide) groups is 1. The van der Waals surface area contributed by atoms with Gasteiger partial charge in [-0.25, -0.2) is 13.2 Å². The number of nitrogens with zero attached hydrogens (tertiary/aromatic N) is 3. The smallest absolute Gasteiger partial charge is 0.363 e. The summed E-state index contributed by atoms with van der Waals surface area (Å²) in [5.74, 6) is -2.19. The summed E-state index contributed by atoms with van der Waals surface area (Å²) in [6.07, 6.45) is 14.8. The highest BCUT2D eigenvalue weighted by Gasteiger charge is 2.44. The van der Waals surface area contributed by atoms with Gasteiger partial charge in [-0.15, -0.1) is 5.06 Å². The molecule has 3 heterocycles. The van der Waals surface area contributed by atoms with E-state index < -0.39 is 27.9 Å². The third kappa shape index (κ3) is 9.41. The van der Waals surface area contributed by atoms with Gasteiger partial charge in [-0.05, 0) is 99.1 Å². The number of benzene rings is 3. The van der Waals surface area contributed by atoms with Gasteiger partial charge in [-0.2, -0.15) is 4.58 Å². The Balaban J connectivity index is 1.27. The highest BCUT2D eigenvalue weighted by atomic mass is 32.2. The van der Waals surface area contributed by atoms with Gasteiger partial charge in [0.25, 0.3) is 11.8 Å². The van der Waals surface area contributed by atoms with E-state index in [1.165, 1.54) is 33.7 Å². The molecule has 0 N–H and O–H groups in total. The van der Waals surface area contributed by atoms with Crippen LogP contribution in [0.15, 0.2) is 124 Å². The minimum absolute atomic E-state index is 0.0258. The zero-order chi connectivity index (χ0) is 43.5. The fourth-order valence-corrected chi connectivity index (χ4v) is 10.6. The maximum Gasteiger partial charge on any atom is 0.363 e. The fourth-order valence-electron chi connectivity index (χ4n) is 8.91. The highest BCUT2D eigenvalue weighted by molar-refractivity contribution is 8.03. The number of fused-ring (bicyclic) bond motifs is 2. The van der Waals surface area contributed by atoms with E-state index in [0.717, 1.165) is 59.8 Å². The number of rotatable bonds is 15. The van der Waals surface area contributed by atoms with Crippen molar-refractivity contribution in [3.63, 3.8) is 0 Å². The molecule has 0 radical (unpaired) electrons. The van der Waals surface area contributed by atoms with Gasteiger partial charge in [0.2, 0.25) is 5.69 Å². The van der Waals surface area contributed by atoms with Crippen LogP contribution in [-0.4, -0.2) is 64.9 Å². The van der Waals surface area contributed by atoms with Crippen LogP contribution in [0.3, 0.4) is 0 Å². The number of hydrogen-bond donors (Lipinski definition) is 0. The van der Waals surface area contributed by atoms with Crippen LogP contribution >= 0.6 is 11.8 Å². The summed E-state index contributed by atoms with van der Waals surface area (Å²) in [6, 6.07) is 24.1. The molecule has 0 atom stereocenters. The van der Waals surface area contributed by atoms with Crippen LogP contribution < -0.4 is 4.90 Å². The quantitative estimate of drug-likeness (QED) is 0.0635. The van der Waals surface area contributed by atoms with Crippen molar-refractivity contribution in [3.8, 4) is 0 Å². The average molecular weight is 862 g/mol. The van der Waals surface area contributed by atoms with Crippen LogP contribution in [0, 0.1) is 0 Å². The van der Waals surface area contributed by atoms with Gasteiger partial charge in [-0.1, -0.05) is 87.5 Å². The molecule has 3 aromatic rings. The lowest BCUT2D eigenvalue weighted by molar-refractivity contribution is -0.438. The molecule has 4 aliphatic rings. The van der Waals surface area contributed by atoms with E-state index in [0.29, 0.717) is 24.4 Å². The summed E-state index contributed by atoms with van der Waals surface area (Å²) in [5, 5.41) is 0.565. The predicted octanol–water partition coefficient (Wildman–Crippen LogP) is 9.80. The summed E-state index contributed by atoms with van der Waals surface area (Å²) < 4.78 is 36.5. The van der Waals surface area contributed by atoms with Crippen molar-refractivity contribution < 1.29 is 36.8 Å². The van der Waals surface area contributed by atoms with Crippen molar-refractivity contribution in [3.05, 3.63) is 136 Å². The Kier molecular flexibility index (Phi) is 13.1. The summed E-state index contributed by atoms with van der Waals surface area (Å²) in [5.41, 5.74) is 9.34. The first-order chi connectivity index (χ1) is 29.1. The van der Waals surface area contributed by atoms with Crippen molar-refractivity contribution in [2.24, 2.45) is 0 Å². The van der Waals surface area contributed by atoms with Gasteiger partial charge in [0.15, 0.2) is 5.71 Å². The molecular formula is C49H55N3O7S2. The number of carbonyl (C=O) groups is 3. The van der Waals surface area contributed by atoms with E-state index >= 15 is 0 Å². The lowest BCUT2D eigenvalue weighted by atomic mass is 9.81. The first-order valence-corrected chi connectivity index (χ1v) is 23.7. The number of hydrogen-bond acceptors (Lipinski definition) is 9. The van der Waals surface area contributed by atoms with Crippen LogP contribution in [-0.2, 0) is 35.4 Å². The molecule has 0 saturated carbocycles. The van der Waals surface area contributed by atoms with E-state index in [4.69, 9.17) is 4.84 Å². The molecule has 3 aliphatic heterocycles. The average Bonchev–Trinajstić information content (AvgIpc) is 3.75. The Labute approximate surface area is 364 Å². The van der Waals surface area contributed by atoms with Crippen molar-refractivity contribution >= 4 is 56.8 Å². The van der Waals surface area contributed by atoms with Crippen LogP contribution in [0.4, 0.5) is 11.4 Å². The second-order valence-corrected chi connectivity index (χ2v) is 19.8. The second kappa shape index (κ2) is 18.1. The lowest BCUT2D eigenvalue weighted by Gasteiger charge is -2.27. The molecule has 10 nitrogen and oxygen atoms in total. The summed E-state index contributed by atoms with van der Waals surface area (Å²) in [7, 11) is -4.29. The van der Waals surface area contributed by atoms with E-state index in [2.05, 4.69) is 105 Å². The zero-order valence-electron chi connectivity index (χ0n) is 35.7. The standard InChI is InChI=1S/C49H55N3O7S2/c1-6-7-31-50-40-19-10-8-17-38(40)48(2,3)42(50)27-23-34-15-14-16-35(46(34)60-37-25-21-36(22-26-37)47(55)59-52-44(53)29-30-45(52)54)24-28-43-49(4,5)39-18-9-11-20-41(39)51(43)32-12-13-33-61(56,57)58/h8-11,17-28H,6-7,12-16,29-33H2,1-5H3. The van der Waals surface area contributed by atoms with Crippen LogP contribution in [0.2, 0.25) is 0 Å². The molecule has 320 valence electrons. The third-order valence-corrected chi connectivity index (χ3v) is 14.2. The molecule has 0 unspecified atom stereocenters. The number of unbranched alkanes of at least 4 members (excludes halogenated alkanes) is 2. The first kappa shape index (κ1) is 44.0. The number of amides is 2. The van der Waals surface area contributed by atoms with E-state index in [-0.39, 0.29) is 35.0 Å². The van der Waals surface area contributed by atoms with Gasteiger partial charge in [0.1, 0.15) is 6.54 Å². The van der Waals surface area contributed by atoms with Gasteiger partial charge in [0, 0.05) is 75.9 Å². The van der Waals surface area contributed by atoms with Crippen molar-refractivity contribution in [2.75, 3.05) is 23.7 Å². The molecule has 0 aromatic heterocycles. The maximum absolute atomic E-state index is 13.0. The van der Waals surface area contributed by atoms with E-state index in [1.54, 1.807) is 23.9 Å². The number of anilines is 1. The first-order valence-electron chi connectivity index (χ1n) is 21.3. The van der Waals surface area contributed by atoms with Crippen molar-refractivity contribution in [2.45, 2.75) is 108 Å². The molecule has 1 aliphatic carbocycles. The minimum Gasteiger partial charge on any atom is -0.748 e. The molecule has 1 saturated heterocycles. The number of hydroxylamine groups is 2. The zero-order valence-corrected chi connectivity index (χ0v) is 37.4. The molecule has 3 aromatic carbocycles. The monoisotopic (exact) mass is 861 g/mol. The molecule has 12 heteroatoms. The number of allylic oxidation sites excluding steroid dienone is 7. The molecule has 61 heavy (non-hydrogen) atoms. The maximum atomic E-state index is 13.0. The normalized spacial score (nSPS) is 19.8. The molecule has 0 bridgehead atoms. The van der Waals surface area contributed by atoms with Crippen LogP contribution in [0.5, 0.6) is 0 Å². The Morgan fingerprint density at radius 3 is 2.23 bits per heavy atom. The van der Waals surface area contributed by atoms with Gasteiger partial charge >= 0.3 is 5.97 Å². The Morgan fingerprint density at radius 2 is 1.52 bits per heavy atom. The topological polar surface area (TPSA) is 127 Å². The van der Waals surface area contributed by atoms with Crippen LogP contribution in [0.25, 0.3) is 0 Å². The van der Waals surface area contributed by atoms with Gasteiger partial charge < -0.3 is 14.3 Å². The largest absolute Gasteiger partial charge is 0.748 e. The number of imide groups is 1. The molecule has 7 rings (SSSR count). The minimum atomic E-state index is -4.29. The summed E-state index contributed by atoms with van der Waals surface area (Å²) in [6.45, 7) is 12.8. The Hall–Kier alpha value is -5.04.